The molecule has 0 aromatic rings. The van der Waals surface area contributed by atoms with Crippen LogP contribution in [-0.2, 0) is 19.2 Å². The average Bonchev–Trinajstić information content (AvgIpc) is 3.29. The Labute approximate surface area is 212 Å². The molecule has 11 N–H and O–H groups in total. The summed E-state index contributed by atoms with van der Waals surface area (Å²) in [7, 11) is 0. The molecule has 1 aliphatic heterocycles. The van der Waals surface area contributed by atoms with Crippen LogP contribution >= 0.6 is 0 Å². The third kappa shape index (κ3) is 10.8. The van der Waals surface area contributed by atoms with Crippen molar-refractivity contribution in [1.29, 1.82) is 0 Å². The van der Waals surface area contributed by atoms with Gasteiger partial charge in [-0.2, -0.15) is 0 Å². The molecule has 13 nitrogen and oxygen atoms in total. The van der Waals surface area contributed by atoms with E-state index in [4.69, 9.17) is 22.9 Å². The lowest BCUT2D eigenvalue weighted by Crippen LogP contribution is -2.56. The minimum Gasteiger partial charge on any atom is -0.480 e. The highest BCUT2D eigenvalue weighted by atomic mass is 16.4. The number of nitrogens with one attached hydrogen (secondary N) is 2. The van der Waals surface area contributed by atoms with E-state index in [1.165, 1.54) is 4.90 Å². The number of hydrogen-bond donors (Lipinski definition) is 7. The summed E-state index contributed by atoms with van der Waals surface area (Å²) in [5, 5.41) is 14.8. The Morgan fingerprint density at radius 2 is 1.72 bits per heavy atom. The van der Waals surface area contributed by atoms with Crippen LogP contribution in [0.3, 0.4) is 0 Å². The van der Waals surface area contributed by atoms with Crippen molar-refractivity contribution >= 4 is 29.7 Å². The maximum Gasteiger partial charge on any atom is 0.326 e. The van der Waals surface area contributed by atoms with Crippen molar-refractivity contribution in [3.05, 3.63) is 0 Å². The summed E-state index contributed by atoms with van der Waals surface area (Å²) in [6, 6.07) is -3.55. The van der Waals surface area contributed by atoms with Gasteiger partial charge in [0.15, 0.2) is 5.96 Å². The average molecular weight is 513 g/mol. The van der Waals surface area contributed by atoms with E-state index in [9.17, 15) is 24.3 Å². The first-order chi connectivity index (χ1) is 17.0. The molecule has 0 bridgehead atoms. The quantitative estimate of drug-likeness (QED) is 0.0729. The molecule has 1 saturated heterocycles. The first kappa shape index (κ1) is 31.1. The Hall–Kier alpha value is -2.93. The standard InChI is InChI=1S/C23H44N8O5/c1-14(2)13-15(25)19(32)29-16(7-3-4-10-24)21(34)31-12-6-9-18(31)20(33)30-17(22(35)36)8-5-11-28-23(26)27/h14-18H,3-13,24-25H2,1-2H3,(H,29,32)(H,30,33)(H,35,36)(H4,26,27,28)/t15-,16-,17-,18-/m0/s1. The summed E-state index contributed by atoms with van der Waals surface area (Å²) in [5.74, 6) is -2.40. The van der Waals surface area contributed by atoms with Crippen molar-refractivity contribution < 1.29 is 24.3 Å². The number of rotatable bonds is 16. The predicted molar refractivity (Wildman–Crippen MR) is 136 cm³/mol. The van der Waals surface area contributed by atoms with E-state index in [2.05, 4.69) is 15.6 Å². The molecule has 0 saturated carbocycles. The molecule has 0 unspecified atom stereocenters. The maximum absolute atomic E-state index is 13.4. The van der Waals surface area contributed by atoms with Crippen molar-refractivity contribution in [2.24, 2.45) is 33.8 Å². The van der Waals surface area contributed by atoms with Crippen LogP contribution in [0.5, 0.6) is 0 Å². The first-order valence-corrected chi connectivity index (χ1v) is 12.6. The Balaban J connectivity index is 2.89. The number of carbonyl (C=O) groups is 4. The van der Waals surface area contributed by atoms with E-state index in [0.29, 0.717) is 58.0 Å². The number of carboxylic acids is 1. The summed E-state index contributed by atoms with van der Waals surface area (Å²) in [6.45, 7) is 4.93. The molecule has 4 atom stereocenters. The lowest BCUT2D eigenvalue weighted by atomic mass is 10.0. The van der Waals surface area contributed by atoms with Crippen LogP contribution in [0.1, 0.15) is 65.2 Å². The molecule has 1 aliphatic rings. The molecule has 13 heteroatoms. The molecular weight excluding hydrogens is 468 g/mol. The molecule has 0 aromatic heterocycles. The zero-order valence-corrected chi connectivity index (χ0v) is 21.4. The van der Waals surface area contributed by atoms with Gasteiger partial charge in [-0.25, -0.2) is 4.79 Å². The van der Waals surface area contributed by atoms with Gasteiger partial charge in [0.2, 0.25) is 17.7 Å². The number of guanidine groups is 1. The van der Waals surface area contributed by atoms with Crippen LogP contribution in [0.25, 0.3) is 0 Å². The number of aliphatic carboxylic acids is 1. The number of hydrogen-bond acceptors (Lipinski definition) is 7. The first-order valence-electron chi connectivity index (χ1n) is 12.6. The summed E-state index contributed by atoms with van der Waals surface area (Å²) in [4.78, 5) is 56.0. The van der Waals surface area contributed by atoms with Gasteiger partial charge < -0.3 is 43.6 Å². The molecule has 0 aliphatic carbocycles. The topological polar surface area (TPSA) is 232 Å². The molecule has 1 fully saturated rings. The summed E-state index contributed by atoms with van der Waals surface area (Å²) in [5.41, 5.74) is 22.1. The van der Waals surface area contributed by atoms with Crippen molar-refractivity contribution in [3.63, 3.8) is 0 Å². The van der Waals surface area contributed by atoms with Crippen molar-refractivity contribution in [1.82, 2.24) is 15.5 Å². The largest absolute Gasteiger partial charge is 0.480 e. The van der Waals surface area contributed by atoms with Gasteiger partial charge in [-0.1, -0.05) is 13.8 Å². The van der Waals surface area contributed by atoms with E-state index in [0.717, 1.165) is 0 Å². The van der Waals surface area contributed by atoms with Gasteiger partial charge in [0.05, 0.1) is 6.04 Å². The maximum atomic E-state index is 13.4. The number of nitrogens with zero attached hydrogens (tertiary/aromatic N) is 2. The molecule has 0 aromatic carbocycles. The van der Waals surface area contributed by atoms with Crippen molar-refractivity contribution in [3.8, 4) is 0 Å². The highest BCUT2D eigenvalue weighted by Gasteiger charge is 2.39. The van der Waals surface area contributed by atoms with Crippen LogP contribution in [0.2, 0.25) is 0 Å². The van der Waals surface area contributed by atoms with Gasteiger partial charge in [-0.05, 0) is 63.8 Å². The molecule has 3 amide bonds. The van der Waals surface area contributed by atoms with E-state index in [-0.39, 0.29) is 30.8 Å². The SMILES string of the molecule is CC(C)C[C@H](N)C(=O)N[C@@H](CCCCN)C(=O)N1CCC[C@H]1C(=O)N[C@@H](CCCN=C(N)N)C(=O)O. The fourth-order valence-corrected chi connectivity index (χ4v) is 4.18. The number of likely N-dealkylation sites (tertiary alicyclic amines) is 1. The lowest BCUT2D eigenvalue weighted by molar-refractivity contribution is -0.145. The van der Waals surface area contributed by atoms with Crippen LogP contribution in [0, 0.1) is 5.92 Å². The normalized spacial score (nSPS) is 17.8. The molecule has 0 spiro atoms. The number of unbranched alkanes of at least 4 members (excludes halogenated alkanes) is 1. The van der Waals surface area contributed by atoms with Crippen molar-refractivity contribution in [2.75, 3.05) is 19.6 Å². The van der Waals surface area contributed by atoms with E-state index >= 15 is 0 Å². The molecule has 36 heavy (non-hydrogen) atoms. The molecule has 1 rings (SSSR count). The van der Waals surface area contributed by atoms with Gasteiger partial charge in [0, 0.05) is 13.1 Å². The Bertz CT molecular complexity index is 772. The second kappa shape index (κ2) is 15.9. The molecule has 206 valence electrons. The Kier molecular flexibility index (Phi) is 13.8. The zero-order chi connectivity index (χ0) is 27.3. The third-order valence-electron chi connectivity index (χ3n) is 6.02. The lowest BCUT2D eigenvalue weighted by Gasteiger charge is -2.30. The Morgan fingerprint density at radius 1 is 1.06 bits per heavy atom. The monoisotopic (exact) mass is 512 g/mol. The van der Waals surface area contributed by atoms with Crippen LogP contribution < -0.4 is 33.6 Å². The minimum absolute atomic E-state index is 0.0932. The van der Waals surface area contributed by atoms with E-state index in [1.54, 1.807) is 0 Å². The van der Waals surface area contributed by atoms with Gasteiger partial charge in [0.1, 0.15) is 18.1 Å². The van der Waals surface area contributed by atoms with E-state index < -0.39 is 42.0 Å². The smallest absolute Gasteiger partial charge is 0.326 e. The fraction of sp³-hybridized carbons (Fsp3) is 0.783. The highest BCUT2D eigenvalue weighted by Crippen LogP contribution is 2.20. The van der Waals surface area contributed by atoms with Gasteiger partial charge in [0.25, 0.3) is 0 Å². The van der Waals surface area contributed by atoms with Crippen LogP contribution in [0.15, 0.2) is 4.99 Å². The van der Waals surface area contributed by atoms with Crippen LogP contribution in [0.4, 0.5) is 0 Å². The molecule has 0 radical (unpaired) electrons. The summed E-state index contributed by atoms with van der Waals surface area (Å²) in [6.07, 6.45) is 3.61. The summed E-state index contributed by atoms with van der Waals surface area (Å²) < 4.78 is 0. The number of amides is 3. The van der Waals surface area contributed by atoms with Crippen LogP contribution in [-0.4, -0.2) is 83.5 Å². The van der Waals surface area contributed by atoms with Gasteiger partial charge >= 0.3 is 5.97 Å². The highest BCUT2D eigenvalue weighted by molar-refractivity contribution is 5.94. The minimum atomic E-state index is -1.19. The number of nitrogens with two attached hydrogens (primary N) is 4. The molecule has 1 heterocycles. The Morgan fingerprint density at radius 3 is 2.31 bits per heavy atom. The zero-order valence-electron chi connectivity index (χ0n) is 21.4. The van der Waals surface area contributed by atoms with Gasteiger partial charge in [-0.3, -0.25) is 19.4 Å². The number of carboxylic acid groups (broad SMARTS) is 1. The van der Waals surface area contributed by atoms with Gasteiger partial charge in [-0.15, -0.1) is 0 Å². The number of aliphatic imine (C=N–C) groups is 1. The summed E-state index contributed by atoms with van der Waals surface area (Å²) >= 11 is 0. The fourth-order valence-electron chi connectivity index (χ4n) is 4.18. The number of carbonyl (C=O) groups excluding carboxylic acids is 3. The molecular formula is C23H44N8O5. The predicted octanol–water partition coefficient (Wildman–Crippen LogP) is -1.41. The van der Waals surface area contributed by atoms with Crippen molar-refractivity contribution in [2.45, 2.75) is 89.4 Å². The second-order valence-electron chi connectivity index (χ2n) is 9.62. The van der Waals surface area contributed by atoms with E-state index in [1.807, 2.05) is 13.8 Å². The second-order valence-corrected chi connectivity index (χ2v) is 9.62. The third-order valence-corrected chi connectivity index (χ3v) is 6.02.